The molecule has 1 aromatic carbocycles. The van der Waals surface area contributed by atoms with Crippen molar-refractivity contribution >= 4 is 10.0 Å². The second-order valence-corrected chi connectivity index (χ2v) is 6.04. The van der Waals surface area contributed by atoms with Gasteiger partial charge in [0.05, 0.1) is 27.4 Å². The molecule has 0 saturated heterocycles. The highest BCUT2D eigenvalue weighted by molar-refractivity contribution is 7.89. The first-order valence-corrected chi connectivity index (χ1v) is 7.77. The minimum atomic E-state index is -3.79. The third-order valence-corrected chi connectivity index (χ3v) is 4.82. The normalized spacial score (nSPS) is 11.7. The summed E-state index contributed by atoms with van der Waals surface area (Å²) < 4.78 is 41.5. The molecular formula is C13H21NO6S. The summed E-state index contributed by atoms with van der Waals surface area (Å²) >= 11 is 0. The van der Waals surface area contributed by atoms with Crippen molar-refractivity contribution in [2.75, 3.05) is 47.6 Å². The summed E-state index contributed by atoms with van der Waals surface area (Å²) in [6.07, 6.45) is 0. The van der Waals surface area contributed by atoms with Gasteiger partial charge < -0.3 is 19.3 Å². The fourth-order valence-corrected chi connectivity index (χ4v) is 3.34. The summed E-state index contributed by atoms with van der Waals surface area (Å²) in [5.74, 6) is 0.686. The molecule has 8 heteroatoms. The van der Waals surface area contributed by atoms with Gasteiger partial charge in [-0.25, -0.2) is 8.42 Å². The predicted molar refractivity (Wildman–Crippen MR) is 77.3 cm³/mol. The van der Waals surface area contributed by atoms with Crippen molar-refractivity contribution in [2.45, 2.75) is 4.90 Å². The first kappa shape index (κ1) is 17.7. The van der Waals surface area contributed by atoms with Crippen LogP contribution in [0.4, 0.5) is 0 Å². The largest absolute Gasteiger partial charge is 0.497 e. The highest BCUT2D eigenvalue weighted by Gasteiger charge is 2.27. The van der Waals surface area contributed by atoms with Gasteiger partial charge >= 0.3 is 0 Å². The lowest BCUT2D eigenvalue weighted by molar-refractivity contribution is 0.168. The van der Waals surface area contributed by atoms with Gasteiger partial charge in [-0.05, 0) is 12.1 Å². The number of aliphatic hydroxyl groups excluding tert-OH is 1. The zero-order valence-corrected chi connectivity index (χ0v) is 13.2. The Morgan fingerprint density at radius 3 is 2.38 bits per heavy atom. The van der Waals surface area contributed by atoms with E-state index >= 15 is 0 Å². The number of rotatable bonds is 9. The summed E-state index contributed by atoms with van der Waals surface area (Å²) in [6.45, 7) is 0.0918. The molecule has 0 aliphatic rings. The van der Waals surface area contributed by atoms with Crippen molar-refractivity contribution in [2.24, 2.45) is 0 Å². The highest BCUT2D eigenvalue weighted by Crippen LogP contribution is 2.30. The average Bonchev–Trinajstić information content (AvgIpc) is 2.50. The van der Waals surface area contributed by atoms with Crippen molar-refractivity contribution in [3.63, 3.8) is 0 Å². The van der Waals surface area contributed by atoms with E-state index in [0.717, 1.165) is 4.31 Å². The minimum absolute atomic E-state index is 0.0130. The van der Waals surface area contributed by atoms with Crippen LogP contribution in [0.3, 0.4) is 0 Å². The number of benzene rings is 1. The molecule has 0 radical (unpaired) electrons. The molecule has 0 heterocycles. The van der Waals surface area contributed by atoms with E-state index in [1.807, 2.05) is 0 Å². The maximum atomic E-state index is 12.6. The zero-order valence-electron chi connectivity index (χ0n) is 12.4. The van der Waals surface area contributed by atoms with Crippen LogP contribution >= 0.6 is 0 Å². The molecule has 0 fully saturated rings. The Morgan fingerprint density at radius 1 is 1.14 bits per heavy atom. The van der Waals surface area contributed by atoms with Crippen LogP contribution in [0.15, 0.2) is 23.1 Å². The fraction of sp³-hybridized carbons (Fsp3) is 0.538. The lowest BCUT2D eigenvalue weighted by atomic mass is 10.3. The van der Waals surface area contributed by atoms with E-state index in [2.05, 4.69) is 0 Å². The van der Waals surface area contributed by atoms with Crippen LogP contribution in [0, 0.1) is 0 Å². The van der Waals surface area contributed by atoms with Gasteiger partial charge in [0.1, 0.15) is 16.4 Å². The molecule has 1 rings (SSSR count). The Bertz CT molecular complexity index is 546. The number of sulfonamides is 1. The van der Waals surface area contributed by atoms with Gasteiger partial charge in [-0.1, -0.05) is 0 Å². The second-order valence-electron chi connectivity index (χ2n) is 4.14. The minimum Gasteiger partial charge on any atom is -0.497 e. The SMILES string of the molecule is COCCN(CCO)S(=O)(=O)c1ccc(OC)cc1OC. The average molecular weight is 319 g/mol. The molecule has 0 unspecified atom stereocenters. The molecule has 0 aromatic heterocycles. The van der Waals surface area contributed by atoms with E-state index in [-0.39, 0.29) is 36.9 Å². The Hall–Kier alpha value is -1.35. The smallest absolute Gasteiger partial charge is 0.246 e. The van der Waals surface area contributed by atoms with E-state index in [0.29, 0.717) is 5.75 Å². The monoisotopic (exact) mass is 319 g/mol. The van der Waals surface area contributed by atoms with Gasteiger partial charge in [-0.2, -0.15) is 4.31 Å². The lowest BCUT2D eigenvalue weighted by Gasteiger charge is -2.22. The Morgan fingerprint density at radius 2 is 1.86 bits per heavy atom. The van der Waals surface area contributed by atoms with Gasteiger partial charge in [-0.15, -0.1) is 0 Å². The molecule has 21 heavy (non-hydrogen) atoms. The fourth-order valence-electron chi connectivity index (χ4n) is 1.78. The number of ether oxygens (including phenoxy) is 3. The first-order valence-electron chi connectivity index (χ1n) is 6.33. The molecular weight excluding hydrogens is 298 g/mol. The molecule has 0 bridgehead atoms. The number of nitrogens with zero attached hydrogens (tertiary/aromatic N) is 1. The predicted octanol–water partition coefficient (Wildman–Crippen LogP) is 0.333. The van der Waals surface area contributed by atoms with Crippen LogP contribution in [-0.2, 0) is 14.8 Å². The van der Waals surface area contributed by atoms with Crippen molar-refractivity contribution in [1.82, 2.24) is 4.31 Å². The van der Waals surface area contributed by atoms with Crippen molar-refractivity contribution in [1.29, 1.82) is 0 Å². The van der Waals surface area contributed by atoms with Crippen molar-refractivity contribution < 1.29 is 27.7 Å². The number of hydrogen-bond acceptors (Lipinski definition) is 6. The Balaban J connectivity index is 3.20. The van der Waals surface area contributed by atoms with E-state index in [9.17, 15) is 8.42 Å². The van der Waals surface area contributed by atoms with Gasteiger partial charge in [-0.3, -0.25) is 0 Å². The molecule has 0 amide bonds. The van der Waals surface area contributed by atoms with E-state index < -0.39 is 10.0 Å². The third kappa shape index (κ3) is 4.31. The molecule has 0 atom stereocenters. The van der Waals surface area contributed by atoms with Crippen LogP contribution in [0.5, 0.6) is 11.5 Å². The maximum absolute atomic E-state index is 12.6. The van der Waals surface area contributed by atoms with E-state index in [1.54, 1.807) is 6.07 Å². The second kappa shape index (κ2) is 8.18. The molecule has 120 valence electrons. The van der Waals surface area contributed by atoms with Crippen LogP contribution in [-0.4, -0.2) is 65.5 Å². The van der Waals surface area contributed by atoms with E-state index in [1.165, 1.54) is 33.5 Å². The van der Waals surface area contributed by atoms with Gasteiger partial charge in [0.2, 0.25) is 10.0 Å². The third-order valence-electron chi connectivity index (χ3n) is 2.88. The Labute approximate surface area is 125 Å². The van der Waals surface area contributed by atoms with Crippen LogP contribution in [0.2, 0.25) is 0 Å². The standard InChI is InChI=1S/C13H21NO6S/c1-18-9-7-14(6-8-15)21(16,17)13-5-4-11(19-2)10-12(13)20-3/h4-5,10,15H,6-9H2,1-3H3. The van der Waals surface area contributed by atoms with Gasteiger partial charge in [0, 0.05) is 26.3 Å². The summed E-state index contributed by atoms with van der Waals surface area (Å²) in [5, 5.41) is 9.06. The number of methoxy groups -OCH3 is 3. The van der Waals surface area contributed by atoms with Crippen molar-refractivity contribution in [3.05, 3.63) is 18.2 Å². The zero-order chi connectivity index (χ0) is 15.9. The molecule has 7 nitrogen and oxygen atoms in total. The molecule has 0 spiro atoms. The maximum Gasteiger partial charge on any atom is 0.246 e. The van der Waals surface area contributed by atoms with Crippen LogP contribution in [0.1, 0.15) is 0 Å². The number of hydrogen-bond donors (Lipinski definition) is 1. The molecule has 1 N–H and O–H groups in total. The number of aliphatic hydroxyl groups is 1. The molecule has 1 aromatic rings. The van der Waals surface area contributed by atoms with Crippen LogP contribution < -0.4 is 9.47 Å². The summed E-state index contributed by atoms with van der Waals surface area (Å²) in [4.78, 5) is 0.0235. The van der Waals surface area contributed by atoms with Gasteiger partial charge in [0.25, 0.3) is 0 Å². The lowest BCUT2D eigenvalue weighted by Crippen LogP contribution is -2.36. The molecule has 0 aliphatic heterocycles. The van der Waals surface area contributed by atoms with Gasteiger partial charge in [0.15, 0.2) is 0 Å². The molecule has 0 saturated carbocycles. The summed E-state index contributed by atoms with van der Waals surface area (Å²) in [6, 6.07) is 4.47. The quantitative estimate of drug-likeness (QED) is 0.706. The topological polar surface area (TPSA) is 85.3 Å². The highest BCUT2D eigenvalue weighted by atomic mass is 32.2. The van der Waals surface area contributed by atoms with E-state index in [4.69, 9.17) is 19.3 Å². The summed E-state index contributed by atoms with van der Waals surface area (Å²) in [5.41, 5.74) is 0. The van der Waals surface area contributed by atoms with Crippen LogP contribution in [0.25, 0.3) is 0 Å². The first-order chi connectivity index (χ1) is 10.0. The molecule has 0 aliphatic carbocycles. The summed E-state index contributed by atoms with van der Waals surface area (Å²) in [7, 11) is 0.567. The Kier molecular flexibility index (Phi) is 6.90. The van der Waals surface area contributed by atoms with Crippen molar-refractivity contribution in [3.8, 4) is 11.5 Å².